The molecule has 0 radical (unpaired) electrons. The number of hydrogen-bond donors (Lipinski definition) is 0. The van der Waals surface area contributed by atoms with Gasteiger partial charge in [0.15, 0.2) is 5.69 Å². The summed E-state index contributed by atoms with van der Waals surface area (Å²) in [4.78, 5) is 22.5. The highest BCUT2D eigenvalue weighted by atomic mass is 35.5. The normalized spacial score (nSPS) is 10.7. The van der Waals surface area contributed by atoms with Crippen LogP contribution in [0, 0.1) is 10.1 Å². The van der Waals surface area contributed by atoms with E-state index in [1.54, 1.807) is 24.4 Å². The Morgan fingerprint density at radius 2 is 1.95 bits per heavy atom. The monoisotopic (exact) mass is 286 g/mol. The van der Waals surface area contributed by atoms with Gasteiger partial charge in [-0.15, -0.1) is 0 Å². The molecule has 0 bridgehead atoms. The van der Waals surface area contributed by atoms with Gasteiger partial charge in [0.25, 0.3) is 0 Å². The molecule has 0 saturated carbocycles. The molecule has 0 unspecified atom stereocenters. The van der Waals surface area contributed by atoms with Gasteiger partial charge in [-0.3, -0.25) is 15.1 Å². The molecule has 2 aromatic heterocycles. The van der Waals surface area contributed by atoms with Crippen LogP contribution in [0.1, 0.15) is 0 Å². The number of pyridine rings is 1. The highest BCUT2D eigenvalue weighted by molar-refractivity contribution is 6.32. The fourth-order valence-corrected chi connectivity index (χ4v) is 2.23. The summed E-state index contributed by atoms with van der Waals surface area (Å²) in [6.07, 6.45) is 2.87. The fraction of sp³-hybridized carbons (Fsp3) is 0. The molecule has 0 fully saturated rings. The number of nitrogens with zero attached hydrogens (tertiary/aromatic N) is 4. The first kappa shape index (κ1) is 12.4. The van der Waals surface area contributed by atoms with Gasteiger partial charge in [0, 0.05) is 17.1 Å². The number of nitro groups is 1. The second kappa shape index (κ2) is 4.82. The molecule has 98 valence electrons. The molecule has 0 aliphatic rings. The molecule has 7 heteroatoms. The van der Waals surface area contributed by atoms with E-state index in [2.05, 4.69) is 15.0 Å². The van der Waals surface area contributed by atoms with E-state index in [0.29, 0.717) is 5.56 Å². The van der Waals surface area contributed by atoms with E-state index in [-0.39, 0.29) is 16.5 Å². The van der Waals surface area contributed by atoms with Crippen molar-refractivity contribution in [3.8, 4) is 11.3 Å². The second-order valence-electron chi connectivity index (χ2n) is 3.99. The standard InChI is InChI=1S/C13H7ClN4O2/c14-13-12(18(19)20)11(16-7-17-13)9-3-1-5-10-8(9)4-2-6-15-10/h1-7H. The number of fused-ring (bicyclic) bond motifs is 1. The Morgan fingerprint density at radius 1 is 1.10 bits per heavy atom. The average molecular weight is 287 g/mol. The summed E-state index contributed by atoms with van der Waals surface area (Å²) in [5, 5.41) is 11.8. The van der Waals surface area contributed by atoms with Gasteiger partial charge in [0.2, 0.25) is 5.15 Å². The third-order valence-corrected chi connectivity index (χ3v) is 3.14. The quantitative estimate of drug-likeness (QED) is 0.410. The summed E-state index contributed by atoms with van der Waals surface area (Å²) in [5.74, 6) is 0. The van der Waals surface area contributed by atoms with Crippen molar-refractivity contribution in [2.75, 3.05) is 0 Å². The van der Waals surface area contributed by atoms with Crippen molar-refractivity contribution >= 4 is 28.2 Å². The predicted octanol–water partition coefficient (Wildman–Crippen LogP) is 3.25. The minimum absolute atomic E-state index is 0.180. The lowest BCUT2D eigenvalue weighted by molar-refractivity contribution is -0.384. The van der Waals surface area contributed by atoms with Crippen LogP contribution >= 0.6 is 11.6 Å². The lowest BCUT2D eigenvalue weighted by Crippen LogP contribution is -1.98. The van der Waals surface area contributed by atoms with E-state index in [1.807, 2.05) is 12.1 Å². The van der Waals surface area contributed by atoms with E-state index in [1.165, 1.54) is 6.33 Å². The zero-order valence-corrected chi connectivity index (χ0v) is 10.8. The first-order chi connectivity index (χ1) is 9.68. The van der Waals surface area contributed by atoms with E-state index < -0.39 is 4.92 Å². The van der Waals surface area contributed by atoms with Gasteiger partial charge in [-0.05, 0) is 12.1 Å². The maximum absolute atomic E-state index is 11.2. The number of hydrogen-bond acceptors (Lipinski definition) is 5. The minimum Gasteiger partial charge on any atom is -0.258 e. The Morgan fingerprint density at radius 3 is 2.75 bits per heavy atom. The van der Waals surface area contributed by atoms with Crippen molar-refractivity contribution in [1.82, 2.24) is 15.0 Å². The van der Waals surface area contributed by atoms with Gasteiger partial charge < -0.3 is 0 Å². The average Bonchev–Trinajstić information content (AvgIpc) is 2.46. The van der Waals surface area contributed by atoms with Crippen molar-refractivity contribution in [3.63, 3.8) is 0 Å². The van der Waals surface area contributed by atoms with Crippen LogP contribution in [0.25, 0.3) is 22.2 Å². The van der Waals surface area contributed by atoms with E-state index in [9.17, 15) is 10.1 Å². The molecule has 0 aliphatic carbocycles. The number of halogens is 1. The number of aromatic nitrogens is 3. The van der Waals surface area contributed by atoms with E-state index in [0.717, 1.165) is 10.9 Å². The van der Waals surface area contributed by atoms with Gasteiger partial charge in [0.05, 0.1) is 10.4 Å². The summed E-state index contributed by atoms with van der Waals surface area (Å²) < 4.78 is 0. The first-order valence-corrected chi connectivity index (χ1v) is 6.05. The van der Waals surface area contributed by atoms with Crippen molar-refractivity contribution in [1.29, 1.82) is 0 Å². The minimum atomic E-state index is -0.577. The molecule has 2 heterocycles. The molecule has 1 aromatic carbocycles. The molecule has 0 aliphatic heterocycles. The summed E-state index contributed by atoms with van der Waals surface area (Å²) in [7, 11) is 0. The van der Waals surface area contributed by atoms with Crippen molar-refractivity contribution < 1.29 is 4.92 Å². The summed E-state index contributed by atoms with van der Waals surface area (Å²) >= 11 is 5.82. The lowest BCUT2D eigenvalue weighted by Gasteiger charge is -2.06. The topological polar surface area (TPSA) is 81.8 Å². The van der Waals surface area contributed by atoms with Crippen molar-refractivity contribution in [2.24, 2.45) is 0 Å². The largest absolute Gasteiger partial charge is 0.332 e. The Kier molecular flexibility index (Phi) is 3.00. The van der Waals surface area contributed by atoms with Crippen molar-refractivity contribution in [3.05, 3.63) is 58.1 Å². The highest BCUT2D eigenvalue weighted by Gasteiger charge is 2.23. The Labute approximate surface area is 118 Å². The first-order valence-electron chi connectivity index (χ1n) is 5.67. The highest BCUT2D eigenvalue weighted by Crippen LogP contribution is 2.35. The van der Waals surface area contributed by atoms with Gasteiger partial charge in [-0.25, -0.2) is 9.97 Å². The summed E-state index contributed by atoms with van der Waals surface area (Å²) in [6.45, 7) is 0. The molecular weight excluding hydrogens is 280 g/mol. The summed E-state index contributed by atoms with van der Waals surface area (Å²) in [5.41, 5.74) is 1.22. The number of benzene rings is 1. The Hall–Kier alpha value is -2.60. The van der Waals surface area contributed by atoms with Gasteiger partial charge in [0.1, 0.15) is 6.33 Å². The maximum atomic E-state index is 11.2. The zero-order chi connectivity index (χ0) is 14.1. The Bertz CT molecular complexity index is 817. The van der Waals surface area contributed by atoms with Gasteiger partial charge in [-0.2, -0.15) is 0 Å². The SMILES string of the molecule is O=[N+]([O-])c1c(Cl)ncnc1-c1cccc2ncccc12. The van der Waals surface area contributed by atoms with Crippen LogP contribution in [0.4, 0.5) is 5.69 Å². The lowest BCUT2D eigenvalue weighted by atomic mass is 10.0. The molecule has 0 amide bonds. The molecular formula is C13H7ClN4O2. The van der Waals surface area contributed by atoms with Crippen LogP contribution < -0.4 is 0 Å². The molecule has 0 spiro atoms. The summed E-state index contributed by atoms with van der Waals surface area (Å²) in [6, 6.07) is 8.94. The maximum Gasteiger partial charge on any atom is 0.332 e. The Balaban J connectivity index is 2.37. The van der Waals surface area contributed by atoms with Crippen LogP contribution in [0.3, 0.4) is 0 Å². The molecule has 0 saturated heterocycles. The molecule has 3 rings (SSSR count). The van der Waals surface area contributed by atoms with Crippen LogP contribution in [0.15, 0.2) is 42.9 Å². The van der Waals surface area contributed by atoms with Crippen molar-refractivity contribution in [2.45, 2.75) is 0 Å². The van der Waals surface area contributed by atoms with Crippen LogP contribution in [-0.4, -0.2) is 19.9 Å². The molecule has 0 atom stereocenters. The fourth-order valence-electron chi connectivity index (χ4n) is 2.03. The zero-order valence-electron chi connectivity index (χ0n) is 10.0. The van der Waals surface area contributed by atoms with Gasteiger partial charge in [-0.1, -0.05) is 29.8 Å². The molecule has 3 aromatic rings. The van der Waals surface area contributed by atoms with Gasteiger partial charge >= 0.3 is 5.69 Å². The van der Waals surface area contributed by atoms with Crippen LogP contribution in [0.2, 0.25) is 5.15 Å². The predicted molar refractivity (Wildman–Crippen MR) is 74.4 cm³/mol. The smallest absolute Gasteiger partial charge is 0.258 e. The second-order valence-corrected chi connectivity index (χ2v) is 4.35. The number of rotatable bonds is 2. The third kappa shape index (κ3) is 1.96. The third-order valence-electron chi connectivity index (χ3n) is 2.86. The van der Waals surface area contributed by atoms with Crippen LogP contribution in [-0.2, 0) is 0 Å². The molecule has 20 heavy (non-hydrogen) atoms. The molecule has 6 nitrogen and oxygen atoms in total. The molecule has 0 N–H and O–H groups in total. The van der Waals surface area contributed by atoms with E-state index in [4.69, 9.17) is 11.6 Å². The van der Waals surface area contributed by atoms with Crippen LogP contribution in [0.5, 0.6) is 0 Å². The van der Waals surface area contributed by atoms with E-state index >= 15 is 0 Å².